The lowest BCUT2D eigenvalue weighted by Gasteiger charge is -2.29. The minimum absolute atomic E-state index is 0.0309. The standard InChI is InChI=1S/C31H31N3O9S2/c1-19-7-6-8-21(17-32-20(2)15-29(35)36)31(19)25-12-14-28(24-10-5-4-9-23(24)25)44(38,39)33-45(40,41)34-18-30(37)43-27-16-22(42-3)11-13-26(27)34/h4-14,16,20,32-33H,15,17-18H2,1-3H3,(H,35,36)/t20-/m0/s1. The fourth-order valence-electron chi connectivity index (χ4n) is 5.31. The summed E-state index contributed by atoms with van der Waals surface area (Å²) in [5.41, 5.74) is 3.31. The fraction of sp³-hybridized carbons (Fsp3) is 0.226. The SMILES string of the molecule is COc1ccc2c(c1)OC(=O)CN2S(=O)(=O)NS(=O)(=O)c1ccc(-c2c(C)cccc2CN[C@@H](C)CC(=O)O)c2ccccc12. The average Bonchev–Trinajstić information content (AvgIpc) is 2.98. The van der Waals surface area contributed by atoms with Crippen LogP contribution in [0.2, 0.25) is 0 Å². The highest BCUT2D eigenvalue weighted by atomic mass is 32.3. The first-order valence-electron chi connectivity index (χ1n) is 13.8. The third-order valence-corrected chi connectivity index (χ3v) is 10.9. The molecule has 45 heavy (non-hydrogen) atoms. The number of sulfonamides is 1. The molecular formula is C31H31N3O9S2. The molecule has 0 saturated heterocycles. The van der Waals surface area contributed by atoms with Crippen molar-refractivity contribution in [3.8, 4) is 22.6 Å². The molecule has 3 N–H and O–H groups in total. The van der Waals surface area contributed by atoms with Gasteiger partial charge in [0.05, 0.1) is 24.1 Å². The van der Waals surface area contributed by atoms with Crippen molar-refractivity contribution in [2.45, 2.75) is 37.8 Å². The van der Waals surface area contributed by atoms with E-state index in [0.29, 0.717) is 22.0 Å². The van der Waals surface area contributed by atoms with Gasteiger partial charge in [0.25, 0.3) is 10.0 Å². The van der Waals surface area contributed by atoms with Gasteiger partial charge >= 0.3 is 22.1 Å². The molecule has 0 spiro atoms. The van der Waals surface area contributed by atoms with Gasteiger partial charge in [-0.1, -0.05) is 52.7 Å². The number of carboxylic acid groups (broad SMARTS) is 1. The molecular weight excluding hydrogens is 622 g/mol. The number of aryl methyl sites for hydroxylation is 1. The van der Waals surface area contributed by atoms with Crippen LogP contribution >= 0.6 is 0 Å². The number of nitrogens with one attached hydrogen (secondary N) is 2. The van der Waals surface area contributed by atoms with Crippen molar-refractivity contribution in [3.63, 3.8) is 0 Å². The van der Waals surface area contributed by atoms with Crippen molar-refractivity contribution in [1.82, 2.24) is 9.44 Å². The van der Waals surface area contributed by atoms with Gasteiger partial charge in [-0.3, -0.25) is 4.79 Å². The van der Waals surface area contributed by atoms with Gasteiger partial charge in [0.1, 0.15) is 12.3 Å². The van der Waals surface area contributed by atoms with Crippen LogP contribution in [0.15, 0.2) is 77.7 Å². The second-order valence-electron chi connectivity index (χ2n) is 10.6. The van der Waals surface area contributed by atoms with Gasteiger partial charge in [-0.25, -0.2) is 17.5 Å². The Morgan fingerprint density at radius 3 is 2.47 bits per heavy atom. The van der Waals surface area contributed by atoms with Gasteiger partial charge in [-0.2, -0.15) is 8.42 Å². The highest BCUT2D eigenvalue weighted by Gasteiger charge is 2.37. The maximum Gasteiger partial charge on any atom is 0.332 e. The van der Waals surface area contributed by atoms with Gasteiger partial charge in [0, 0.05) is 24.0 Å². The zero-order chi connectivity index (χ0) is 32.5. The molecule has 4 aromatic carbocycles. The number of rotatable bonds is 11. The fourth-order valence-corrected chi connectivity index (χ4v) is 8.54. The van der Waals surface area contributed by atoms with Crippen LogP contribution in [0.25, 0.3) is 21.9 Å². The van der Waals surface area contributed by atoms with Crippen molar-refractivity contribution in [2.24, 2.45) is 0 Å². The maximum atomic E-state index is 13.7. The van der Waals surface area contributed by atoms with E-state index in [1.54, 1.807) is 41.4 Å². The zero-order valence-corrected chi connectivity index (χ0v) is 26.2. The Balaban J connectivity index is 1.53. The number of ether oxygens (including phenoxy) is 2. The van der Waals surface area contributed by atoms with Crippen molar-refractivity contribution in [3.05, 3.63) is 83.9 Å². The molecule has 0 aromatic heterocycles. The number of carbonyl (C=O) groups excluding carboxylic acids is 1. The van der Waals surface area contributed by atoms with E-state index in [4.69, 9.17) is 14.6 Å². The molecule has 1 heterocycles. The molecule has 0 bridgehead atoms. The van der Waals surface area contributed by atoms with Crippen LogP contribution in [-0.4, -0.2) is 53.6 Å². The number of carbonyl (C=O) groups is 2. The van der Waals surface area contributed by atoms with Gasteiger partial charge in [0.15, 0.2) is 5.75 Å². The molecule has 1 atom stereocenters. The average molecular weight is 654 g/mol. The predicted octanol–water partition coefficient (Wildman–Crippen LogP) is 3.73. The Bertz CT molecular complexity index is 2030. The number of nitrogens with zero attached hydrogens (tertiary/aromatic N) is 1. The molecule has 0 radical (unpaired) electrons. The summed E-state index contributed by atoms with van der Waals surface area (Å²) >= 11 is 0. The minimum atomic E-state index is -4.82. The number of anilines is 1. The van der Waals surface area contributed by atoms with E-state index >= 15 is 0 Å². The molecule has 0 aliphatic carbocycles. The van der Waals surface area contributed by atoms with Gasteiger partial charge < -0.3 is 19.9 Å². The summed E-state index contributed by atoms with van der Waals surface area (Å²) in [5, 5.41) is 13.2. The number of esters is 1. The summed E-state index contributed by atoms with van der Waals surface area (Å²) in [4.78, 5) is 23.1. The molecule has 12 nitrogen and oxygen atoms in total. The molecule has 1 aliphatic heterocycles. The summed E-state index contributed by atoms with van der Waals surface area (Å²) in [6.45, 7) is 3.33. The van der Waals surface area contributed by atoms with Crippen LogP contribution in [0.3, 0.4) is 0 Å². The van der Waals surface area contributed by atoms with E-state index in [9.17, 15) is 26.4 Å². The highest BCUT2D eigenvalue weighted by molar-refractivity contribution is 8.05. The van der Waals surface area contributed by atoms with E-state index in [0.717, 1.165) is 22.3 Å². The Morgan fingerprint density at radius 1 is 1.02 bits per heavy atom. The number of benzene rings is 4. The quantitative estimate of drug-likeness (QED) is 0.160. The van der Waals surface area contributed by atoms with Gasteiger partial charge in [-0.05, 0) is 59.7 Å². The van der Waals surface area contributed by atoms with Crippen LogP contribution in [0.1, 0.15) is 24.5 Å². The van der Waals surface area contributed by atoms with E-state index in [1.165, 1.54) is 31.4 Å². The summed E-state index contributed by atoms with van der Waals surface area (Å²) in [6.07, 6.45) is -0.0507. The summed E-state index contributed by atoms with van der Waals surface area (Å²) in [5.74, 6) is -1.59. The van der Waals surface area contributed by atoms with Crippen molar-refractivity contribution in [2.75, 3.05) is 18.0 Å². The van der Waals surface area contributed by atoms with Crippen molar-refractivity contribution < 1.29 is 41.0 Å². The maximum absolute atomic E-state index is 13.7. The lowest BCUT2D eigenvalue weighted by atomic mass is 9.91. The summed E-state index contributed by atoms with van der Waals surface area (Å²) < 4.78 is 67.2. The second-order valence-corrected chi connectivity index (χ2v) is 14.1. The Kier molecular flexibility index (Phi) is 8.85. The van der Waals surface area contributed by atoms with Crippen molar-refractivity contribution in [1.29, 1.82) is 0 Å². The lowest BCUT2D eigenvalue weighted by molar-refractivity contribution is -0.137. The third-order valence-electron chi connectivity index (χ3n) is 7.36. The van der Waals surface area contributed by atoms with E-state index in [2.05, 4.69) is 5.32 Å². The number of aliphatic carboxylic acids is 1. The van der Waals surface area contributed by atoms with E-state index in [-0.39, 0.29) is 34.2 Å². The topological polar surface area (TPSA) is 168 Å². The predicted molar refractivity (Wildman–Crippen MR) is 168 cm³/mol. The molecule has 236 valence electrons. The minimum Gasteiger partial charge on any atom is -0.497 e. The van der Waals surface area contributed by atoms with Crippen molar-refractivity contribution >= 4 is 48.6 Å². The number of methoxy groups -OCH3 is 1. The number of hydrogen-bond donors (Lipinski definition) is 3. The Labute approximate surface area is 260 Å². The zero-order valence-electron chi connectivity index (χ0n) is 24.6. The Hall–Kier alpha value is -4.50. The molecule has 1 aliphatic rings. The largest absolute Gasteiger partial charge is 0.497 e. The van der Waals surface area contributed by atoms with E-state index in [1.807, 2.05) is 25.1 Å². The highest BCUT2D eigenvalue weighted by Crippen LogP contribution is 2.38. The number of fused-ring (bicyclic) bond motifs is 2. The molecule has 0 amide bonds. The lowest BCUT2D eigenvalue weighted by Crippen LogP contribution is -2.48. The first-order chi connectivity index (χ1) is 21.3. The van der Waals surface area contributed by atoms with Crippen LogP contribution in [0.5, 0.6) is 11.5 Å². The molecule has 0 saturated carbocycles. The molecule has 5 rings (SSSR count). The molecule has 14 heteroatoms. The number of hydrogen-bond acceptors (Lipinski definition) is 9. The smallest absolute Gasteiger partial charge is 0.332 e. The monoisotopic (exact) mass is 653 g/mol. The van der Waals surface area contributed by atoms with Crippen LogP contribution in [0, 0.1) is 6.92 Å². The summed E-state index contributed by atoms with van der Waals surface area (Å²) in [7, 11) is -8.13. The molecule has 4 aromatic rings. The first kappa shape index (κ1) is 31.9. The summed E-state index contributed by atoms with van der Waals surface area (Å²) in [6, 6.07) is 19.3. The van der Waals surface area contributed by atoms with E-state index < -0.39 is 38.7 Å². The normalized spacial score (nSPS) is 14.1. The first-order valence-corrected chi connectivity index (χ1v) is 16.7. The second kappa shape index (κ2) is 12.5. The van der Waals surface area contributed by atoms with Crippen LogP contribution in [0.4, 0.5) is 5.69 Å². The van der Waals surface area contributed by atoms with Gasteiger partial charge in [-0.15, -0.1) is 0 Å². The molecule has 0 fully saturated rings. The molecule has 0 unspecified atom stereocenters. The van der Waals surface area contributed by atoms with Gasteiger partial charge in [0.2, 0.25) is 0 Å². The van der Waals surface area contributed by atoms with Crippen LogP contribution < -0.4 is 23.2 Å². The third kappa shape index (κ3) is 6.63. The number of carboxylic acids is 1. The Morgan fingerprint density at radius 2 is 1.76 bits per heavy atom. The van der Waals surface area contributed by atoms with Crippen LogP contribution in [-0.2, 0) is 36.4 Å².